The van der Waals surface area contributed by atoms with Crippen molar-refractivity contribution < 1.29 is 0 Å². The molecule has 0 aliphatic carbocycles. The van der Waals surface area contributed by atoms with Crippen LogP contribution in [0.4, 0.5) is 5.82 Å². The molecule has 1 N–H and O–H groups in total. The molecular weight excluding hydrogens is 236 g/mol. The van der Waals surface area contributed by atoms with Crippen molar-refractivity contribution in [3.8, 4) is 6.07 Å². The number of aromatic nitrogens is 2. The standard InChI is InChI=1S/C15H16N4/c1-11-4-3-5-13(8-11)6-7-17-15-9-14(10-16)18-12(2)19-15/h3-5,8-9H,6-7H2,1-2H3,(H,17,18,19). The van der Waals surface area contributed by atoms with Crippen LogP contribution in [0, 0.1) is 25.2 Å². The first-order valence-electron chi connectivity index (χ1n) is 6.22. The number of benzene rings is 1. The van der Waals surface area contributed by atoms with Crippen molar-refractivity contribution in [2.24, 2.45) is 0 Å². The van der Waals surface area contributed by atoms with Crippen LogP contribution in [0.1, 0.15) is 22.6 Å². The molecular formula is C15H16N4. The van der Waals surface area contributed by atoms with Gasteiger partial charge in [0.1, 0.15) is 23.4 Å². The van der Waals surface area contributed by atoms with Gasteiger partial charge in [-0.15, -0.1) is 0 Å². The highest BCUT2D eigenvalue weighted by Gasteiger charge is 2.01. The first-order valence-corrected chi connectivity index (χ1v) is 6.22. The van der Waals surface area contributed by atoms with Crippen LogP contribution in [0.2, 0.25) is 0 Å². The molecule has 19 heavy (non-hydrogen) atoms. The van der Waals surface area contributed by atoms with Crippen molar-refractivity contribution in [1.82, 2.24) is 9.97 Å². The molecule has 1 aromatic carbocycles. The maximum absolute atomic E-state index is 8.85. The predicted molar refractivity (Wildman–Crippen MR) is 74.9 cm³/mol. The maximum Gasteiger partial charge on any atom is 0.146 e. The number of hydrogen-bond donors (Lipinski definition) is 1. The van der Waals surface area contributed by atoms with Gasteiger partial charge in [-0.3, -0.25) is 0 Å². The fourth-order valence-corrected chi connectivity index (χ4v) is 1.92. The number of aryl methyl sites for hydroxylation is 2. The van der Waals surface area contributed by atoms with Crippen LogP contribution in [0.5, 0.6) is 0 Å². The third-order valence-electron chi connectivity index (χ3n) is 2.75. The summed E-state index contributed by atoms with van der Waals surface area (Å²) < 4.78 is 0. The van der Waals surface area contributed by atoms with Gasteiger partial charge in [-0.25, -0.2) is 9.97 Å². The fourth-order valence-electron chi connectivity index (χ4n) is 1.92. The second-order valence-corrected chi connectivity index (χ2v) is 4.46. The van der Waals surface area contributed by atoms with E-state index in [0.717, 1.165) is 13.0 Å². The Kier molecular flexibility index (Phi) is 4.09. The first-order chi connectivity index (χ1) is 9.17. The fraction of sp³-hybridized carbons (Fsp3) is 0.267. The zero-order chi connectivity index (χ0) is 13.7. The minimum absolute atomic E-state index is 0.394. The summed E-state index contributed by atoms with van der Waals surface area (Å²) in [4.78, 5) is 8.28. The minimum Gasteiger partial charge on any atom is -0.370 e. The molecule has 0 radical (unpaired) electrons. The molecule has 1 aromatic heterocycles. The van der Waals surface area contributed by atoms with E-state index in [2.05, 4.69) is 46.5 Å². The lowest BCUT2D eigenvalue weighted by Gasteiger charge is -2.07. The van der Waals surface area contributed by atoms with Crippen LogP contribution >= 0.6 is 0 Å². The van der Waals surface area contributed by atoms with Gasteiger partial charge in [-0.2, -0.15) is 5.26 Å². The van der Waals surface area contributed by atoms with Gasteiger partial charge >= 0.3 is 0 Å². The Labute approximate surface area is 113 Å². The normalized spacial score (nSPS) is 9.95. The summed E-state index contributed by atoms with van der Waals surface area (Å²) >= 11 is 0. The molecule has 2 aromatic rings. The van der Waals surface area contributed by atoms with Crippen LogP contribution in [0.25, 0.3) is 0 Å². The third kappa shape index (κ3) is 3.78. The molecule has 0 atom stereocenters. The van der Waals surface area contributed by atoms with Crippen molar-refractivity contribution in [3.05, 3.63) is 53.0 Å². The molecule has 0 unspecified atom stereocenters. The Morgan fingerprint density at radius 2 is 2.05 bits per heavy atom. The van der Waals surface area contributed by atoms with E-state index in [1.165, 1.54) is 11.1 Å². The number of anilines is 1. The quantitative estimate of drug-likeness (QED) is 0.908. The molecule has 0 bridgehead atoms. The molecule has 0 aliphatic heterocycles. The lowest BCUT2D eigenvalue weighted by atomic mass is 10.1. The number of nitrogens with one attached hydrogen (secondary N) is 1. The van der Waals surface area contributed by atoms with Gasteiger partial charge in [0.05, 0.1) is 0 Å². The highest BCUT2D eigenvalue weighted by Crippen LogP contribution is 2.08. The van der Waals surface area contributed by atoms with Gasteiger partial charge in [-0.05, 0) is 25.8 Å². The predicted octanol–water partition coefficient (Wildman–Crippen LogP) is 2.62. The minimum atomic E-state index is 0.394. The third-order valence-corrected chi connectivity index (χ3v) is 2.75. The topological polar surface area (TPSA) is 61.6 Å². The average molecular weight is 252 g/mol. The first kappa shape index (κ1) is 13.0. The van der Waals surface area contributed by atoms with Crippen molar-refractivity contribution in [2.75, 3.05) is 11.9 Å². The van der Waals surface area contributed by atoms with E-state index >= 15 is 0 Å². The molecule has 0 aliphatic rings. The highest BCUT2D eigenvalue weighted by molar-refractivity contribution is 5.40. The average Bonchev–Trinajstić information content (AvgIpc) is 2.38. The Morgan fingerprint density at radius 1 is 1.21 bits per heavy atom. The molecule has 0 saturated heterocycles. The Bertz CT molecular complexity index is 614. The number of rotatable bonds is 4. The summed E-state index contributed by atoms with van der Waals surface area (Å²) in [6.45, 7) is 4.65. The SMILES string of the molecule is Cc1cccc(CCNc2cc(C#N)nc(C)n2)c1. The molecule has 96 valence electrons. The van der Waals surface area contributed by atoms with E-state index in [0.29, 0.717) is 17.3 Å². The molecule has 0 spiro atoms. The highest BCUT2D eigenvalue weighted by atomic mass is 15.0. The second-order valence-electron chi connectivity index (χ2n) is 4.46. The van der Waals surface area contributed by atoms with Gasteiger partial charge in [0, 0.05) is 12.6 Å². The van der Waals surface area contributed by atoms with E-state index in [-0.39, 0.29) is 0 Å². The number of nitriles is 1. The lowest BCUT2D eigenvalue weighted by Crippen LogP contribution is -2.08. The van der Waals surface area contributed by atoms with Crippen LogP contribution in [-0.2, 0) is 6.42 Å². The van der Waals surface area contributed by atoms with Crippen molar-refractivity contribution in [1.29, 1.82) is 5.26 Å². The zero-order valence-electron chi connectivity index (χ0n) is 11.1. The van der Waals surface area contributed by atoms with E-state index in [9.17, 15) is 0 Å². The summed E-state index contributed by atoms with van der Waals surface area (Å²) in [6.07, 6.45) is 0.923. The smallest absolute Gasteiger partial charge is 0.146 e. The zero-order valence-corrected chi connectivity index (χ0v) is 11.1. The lowest BCUT2D eigenvalue weighted by molar-refractivity contribution is 0.974. The van der Waals surface area contributed by atoms with E-state index in [1.807, 2.05) is 6.07 Å². The van der Waals surface area contributed by atoms with E-state index in [4.69, 9.17) is 5.26 Å². The molecule has 0 amide bonds. The van der Waals surface area contributed by atoms with Gasteiger partial charge in [0.15, 0.2) is 0 Å². The van der Waals surface area contributed by atoms with Crippen LogP contribution in [0.3, 0.4) is 0 Å². The van der Waals surface area contributed by atoms with Crippen molar-refractivity contribution in [3.63, 3.8) is 0 Å². The van der Waals surface area contributed by atoms with Gasteiger partial charge in [0.25, 0.3) is 0 Å². The summed E-state index contributed by atoms with van der Waals surface area (Å²) in [7, 11) is 0. The number of hydrogen-bond acceptors (Lipinski definition) is 4. The number of nitrogens with zero attached hydrogens (tertiary/aromatic N) is 3. The molecule has 0 fully saturated rings. The van der Waals surface area contributed by atoms with Gasteiger partial charge in [0.2, 0.25) is 0 Å². The Morgan fingerprint density at radius 3 is 2.79 bits per heavy atom. The summed E-state index contributed by atoms with van der Waals surface area (Å²) in [5.41, 5.74) is 2.95. The van der Waals surface area contributed by atoms with Crippen molar-refractivity contribution in [2.45, 2.75) is 20.3 Å². The molecule has 2 rings (SSSR count). The summed E-state index contributed by atoms with van der Waals surface area (Å²) in [5.74, 6) is 1.31. The molecule has 4 heteroatoms. The second kappa shape index (κ2) is 5.96. The monoisotopic (exact) mass is 252 g/mol. The van der Waals surface area contributed by atoms with Crippen LogP contribution < -0.4 is 5.32 Å². The van der Waals surface area contributed by atoms with Gasteiger partial charge in [-0.1, -0.05) is 29.8 Å². The van der Waals surface area contributed by atoms with Crippen LogP contribution in [0.15, 0.2) is 30.3 Å². The van der Waals surface area contributed by atoms with E-state index in [1.54, 1.807) is 13.0 Å². The largest absolute Gasteiger partial charge is 0.370 e. The molecule has 0 saturated carbocycles. The summed E-state index contributed by atoms with van der Waals surface area (Å²) in [5, 5.41) is 12.1. The Balaban J connectivity index is 1.96. The molecule has 4 nitrogen and oxygen atoms in total. The van der Waals surface area contributed by atoms with Gasteiger partial charge < -0.3 is 5.32 Å². The maximum atomic E-state index is 8.85. The van der Waals surface area contributed by atoms with Crippen LogP contribution in [-0.4, -0.2) is 16.5 Å². The van der Waals surface area contributed by atoms with E-state index < -0.39 is 0 Å². The molecule has 1 heterocycles. The Hall–Kier alpha value is -2.41. The van der Waals surface area contributed by atoms with Crippen molar-refractivity contribution >= 4 is 5.82 Å². The summed E-state index contributed by atoms with van der Waals surface area (Å²) in [6, 6.07) is 12.1.